The van der Waals surface area contributed by atoms with Gasteiger partial charge in [0.25, 0.3) is 0 Å². The molecule has 7 heteroatoms. The van der Waals surface area contributed by atoms with Crippen molar-refractivity contribution in [1.29, 1.82) is 0 Å². The number of hydrogen-bond donors (Lipinski definition) is 0. The van der Waals surface area contributed by atoms with Crippen LogP contribution in [0.2, 0.25) is 0 Å². The van der Waals surface area contributed by atoms with Gasteiger partial charge in [-0.15, -0.1) is 11.3 Å². The molecule has 6 nitrogen and oxygen atoms in total. The van der Waals surface area contributed by atoms with Gasteiger partial charge in [-0.2, -0.15) is 5.10 Å². The summed E-state index contributed by atoms with van der Waals surface area (Å²) in [6.07, 6.45) is 1.78. The van der Waals surface area contributed by atoms with Crippen LogP contribution in [-0.2, 0) is 6.42 Å². The van der Waals surface area contributed by atoms with Crippen LogP contribution in [0.5, 0.6) is 17.2 Å². The van der Waals surface area contributed by atoms with Gasteiger partial charge in [0, 0.05) is 16.7 Å². The molecule has 0 saturated carbocycles. The minimum Gasteiger partial charge on any atom is -0.493 e. The highest BCUT2D eigenvalue weighted by Gasteiger charge is 2.17. The molecule has 0 aliphatic rings. The molecule has 0 spiro atoms. The Balaban J connectivity index is 2.06. The zero-order valence-corrected chi connectivity index (χ0v) is 20.7. The van der Waals surface area contributed by atoms with Gasteiger partial charge in [-0.25, -0.2) is 4.68 Å². The van der Waals surface area contributed by atoms with Crippen LogP contribution in [0, 0.1) is 0 Å². The SMILES string of the molecule is C=C(C)CN=c1scc(-c2cc(OC)c(OC)c(OC)c2)n1N=C(C)CCc1ccccc1. The molecule has 0 N–H and O–H groups in total. The Kier molecular flexibility index (Phi) is 8.49. The number of benzene rings is 2. The van der Waals surface area contributed by atoms with Crippen molar-refractivity contribution in [3.63, 3.8) is 0 Å². The highest BCUT2D eigenvalue weighted by atomic mass is 32.1. The molecule has 0 saturated heterocycles. The van der Waals surface area contributed by atoms with E-state index in [1.807, 2.05) is 35.2 Å². The van der Waals surface area contributed by atoms with E-state index in [2.05, 4.69) is 37.8 Å². The fourth-order valence-electron chi connectivity index (χ4n) is 3.32. The second kappa shape index (κ2) is 11.5. The molecule has 33 heavy (non-hydrogen) atoms. The third-order valence-corrected chi connectivity index (χ3v) is 5.87. The summed E-state index contributed by atoms with van der Waals surface area (Å²) >= 11 is 1.54. The molecule has 3 rings (SSSR count). The highest BCUT2D eigenvalue weighted by Crippen LogP contribution is 2.41. The second-order valence-electron chi connectivity index (χ2n) is 7.72. The topological polar surface area (TPSA) is 57.3 Å². The summed E-state index contributed by atoms with van der Waals surface area (Å²) in [4.78, 5) is 5.54. The number of thiazole rings is 1. The normalized spacial score (nSPS) is 12.0. The summed E-state index contributed by atoms with van der Waals surface area (Å²) in [6, 6.07) is 14.3. The molecule has 0 radical (unpaired) electrons. The first-order valence-corrected chi connectivity index (χ1v) is 11.6. The molecule has 0 amide bonds. The van der Waals surface area contributed by atoms with Gasteiger partial charge in [-0.3, -0.25) is 4.99 Å². The number of ether oxygens (including phenoxy) is 3. The Morgan fingerprint density at radius 2 is 1.67 bits per heavy atom. The van der Waals surface area contributed by atoms with E-state index in [4.69, 9.17) is 24.3 Å². The Bertz CT molecular complexity index is 1170. The van der Waals surface area contributed by atoms with Crippen LogP contribution in [0.25, 0.3) is 11.3 Å². The van der Waals surface area contributed by atoms with Crippen molar-refractivity contribution >= 4 is 17.0 Å². The lowest BCUT2D eigenvalue weighted by molar-refractivity contribution is 0.324. The average molecular weight is 466 g/mol. The largest absolute Gasteiger partial charge is 0.493 e. The van der Waals surface area contributed by atoms with E-state index < -0.39 is 0 Å². The molecular formula is C26H31N3O3S. The summed E-state index contributed by atoms with van der Waals surface area (Å²) in [6.45, 7) is 8.54. The molecule has 0 fully saturated rings. The van der Waals surface area contributed by atoms with Gasteiger partial charge in [0.1, 0.15) is 0 Å². The predicted octanol–water partition coefficient (Wildman–Crippen LogP) is 5.58. The summed E-state index contributed by atoms with van der Waals surface area (Å²) in [7, 11) is 4.82. The monoisotopic (exact) mass is 465 g/mol. The summed E-state index contributed by atoms with van der Waals surface area (Å²) in [5.74, 6) is 1.74. The van der Waals surface area contributed by atoms with Crippen LogP contribution < -0.4 is 19.0 Å². The standard InChI is InChI=1S/C26H31N3O3S/c1-18(2)16-27-26-29(28-19(3)12-13-20-10-8-7-9-11-20)22(17-33-26)21-14-23(30-4)25(32-6)24(15-21)31-5/h7-11,14-15,17H,1,12-13,16H2,2-6H3. The molecule has 0 aliphatic carbocycles. The van der Waals surface area contributed by atoms with Gasteiger partial charge in [0.05, 0.1) is 33.6 Å². The van der Waals surface area contributed by atoms with Gasteiger partial charge in [-0.1, -0.05) is 42.5 Å². The smallest absolute Gasteiger partial charge is 0.206 e. The summed E-state index contributed by atoms with van der Waals surface area (Å²) < 4.78 is 18.5. The number of aryl methyl sites for hydroxylation is 1. The van der Waals surface area contributed by atoms with E-state index in [1.54, 1.807) is 32.7 Å². The lowest BCUT2D eigenvalue weighted by atomic mass is 10.1. The number of aromatic nitrogens is 1. The molecule has 3 aromatic rings. The Morgan fingerprint density at radius 3 is 2.24 bits per heavy atom. The molecule has 2 aromatic carbocycles. The van der Waals surface area contributed by atoms with Gasteiger partial charge < -0.3 is 14.2 Å². The van der Waals surface area contributed by atoms with E-state index in [1.165, 1.54) is 5.56 Å². The van der Waals surface area contributed by atoms with Crippen molar-refractivity contribution in [1.82, 2.24) is 4.68 Å². The number of rotatable bonds is 10. The molecule has 0 unspecified atom stereocenters. The number of hydrogen-bond acceptors (Lipinski definition) is 6. The Morgan fingerprint density at radius 1 is 1.00 bits per heavy atom. The predicted molar refractivity (Wildman–Crippen MR) is 136 cm³/mol. The van der Waals surface area contributed by atoms with Crippen LogP contribution >= 0.6 is 11.3 Å². The van der Waals surface area contributed by atoms with Crippen LogP contribution in [0.3, 0.4) is 0 Å². The lowest BCUT2D eigenvalue weighted by Gasteiger charge is -2.14. The second-order valence-corrected chi connectivity index (χ2v) is 8.56. The Labute approximate surface area is 199 Å². The first-order chi connectivity index (χ1) is 16.0. The van der Waals surface area contributed by atoms with Crippen molar-refractivity contribution in [3.8, 4) is 28.5 Å². The highest BCUT2D eigenvalue weighted by molar-refractivity contribution is 7.07. The van der Waals surface area contributed by atoms with E-state index in [9.17, 15) is 0 Å². The van der Waals surface area contributed by atoms with Gasteiger partial charge >= 0.3 is 0 Å². The molecule has 0 bridgehead atoms. The quantitative estimate of drug-likeness (QED) is 0.290. The van der Waals surface area contributed by atoms with Crippen LogP contribution in [-0.4, -0.2) is 38.3 Å². The first kappa shape index (κ1) is 24.3. The van der Waals surface area contributed by atoms with Crippen LogP contribution in [0.15, 0.2) is 70.1 Å². The summed E-state index contributed by atoms with van der Waals surface area (Å²) in [5, 5.41) is 7.00. The fraction of sp³-hybridized carbons (Fsp3) is 0.308. The number of methoxy groups -OCH3 is 3. The number of nitrogens with zero attached hydrogens (tertiary/aromatic N) is 3. The lowest BCUT2D eigenvalue weighted by Crippen LogP contribution is -2.15. The zero-order chi connectivity index (χ0) is 23.8. The van der Waals surface area contributed by atoms with Crippen molar-refractivity contribution in [2.75, 3.05) is 27.9 Å². The van der Waals surface area contributed by atoms with E-state index in [0.29, 0.717) is 23.8 Å². The average Bonchev–Trinajstić information content (AvgIpc) is 3.23. The van der Waals surface area contributed by atoms with Gasteiger partial charge in [0.2, 0.25) is 10.6 Å². The maximum Gasteiger partial charge on any atom is 0.206 e. The van der Waals surface area contributed by atoms with Crippen molar-refractivity contribution in [3.05, 3.63) is 70.4 Å². The van der Waals surface area contributed by atoms with E-state index in [-0.39, 0.29) is 0 Å². The van der Waals surface area contributed by atoms with Gasteiger partial charge in [0.15, 0.2) is 11.5 Å². The molecule has 174 valence electrons. The maximum atomic E-state index is 5.55. The maximum absolute atomic E-state index is 5.55. The molecule has 1 aromatic heterocycles. The molecular weight excluding hydrogens is 434 g/mol. The van der Waals surface area contributed by atoms with Crippen LogP contribution in [0.1, 0.15) is 25.8 Å². The minimum absolute atomic E-state index is 0.549. The molecule has 0 atom stereocenters. The van der Waals surface area contributed by atoms with E-state index in [0.717, 1.165) is 40.2 Å². The fourth-order valence-corrected chi connectivity index (χ4v) is 4.16. The van der Waals surface area contributed by atoms with Crippen molar-refractivity contribution in [2.24, 2.45) is 10.1 Å². The molecule has 0 aliphatic heterocycles. The van der Waals surface area contributed by atoms with Crippen molar-refractivity contribution < 1.29 is 14.2 Å². The van der Waals surface area contributed by atoms with E-state index >= 15 is 0 Å². The Hall–Kier alpha value is -3.32. The third-order valence-electron chi connectivity index (χ3n) is 5.02. The van der Waals surface area contributed by atoms with Crippen molar-refractivity contribution in [2.45, 2.75) is 26.7 Å². The zero-order valence-electron chi connectivity index (χ0n) is 19.9. The molecule has 1 heterocycles. The van der Waals surface area contributed by atoms with Crippen LogP contribution in [0.4, 0.5) is 0 Å². The summed E-state index contributed by atoms with van der Waals surface area (Å²) in [5.41, 5.74) is 5.10. The first-order valence-electron chi connectivity index (χ1n) is 10.7. The van der Waals surface area contributed by atoms with Gasteiger partial charge in [-0.05, 0) is 44.4 Å². The third kappa shape index (κ3) is 6.14. The minimum atomic E-state index is 0.549.